The Balaban J connectivity index is 0.00000925. The molecule has 3 aromatic rings. The van der Waals surface area contributed by atoms with Gasteiger partial charge in [-0.3, -0.25) is 0 Å². The fraction of sp³-hybridized carbons (Fsp3) is 0.545. The maximum atomic E-state index is 6.38. The van der Waals surface area contributed by atoms with Crippen LogP contribution in [0.4, 0.5) is 0 Å². The molecule has 0 atom stereocenters. The molecule has 0 fully saturated rings. The van der Waals surface area contributed by atoms with Crippen LogP contribution in [0, 0.1) is 0 Å². The molecular weight excluding hydrogens is 1040 g/mol. The third-order valence-electron chi connectivity index (χ3n) is 9.01. The molecule has 21 heteroatoms. The Morgan fingerprint density at radius 3 is 0.662 bits per heavy atom. The zero-order valence-corrected chi connectivity index (χ0v) is 40.5. The van der Waals surface area contributed by atoms with Gasteiger partial charge in [-0.25, -0.2) is 9.97 Å². The summed E-state index contributed by atoms with van der Waals surface area (Å²) in [4.78, 5) is 20.3. The second kappa shape index (κ2) is 29.1. The normalized spacial score (nSPS) is 12.3. The Bertz CT molecular complexity index is 1860. The van der Waals surface area contributed by atoms with Crippen LogP contribution < -0.4 is 28.9 Å². The summed E-state index contributed by atoms with van der Waals surface area (Å²) in [5, 5.41) is 0. The number of rotatable bonds is 32. The van der Waals surface area contributed by atoms with Crippen molar-refractivity contribution in [2.24, 2.45) is 0 Å². The number of nitrogens with zero attached hydrogens (tertiary/aromatic N) is 4. The summed E-state index contributed by atoms with van der Waals surface area (Å²) >= 11 is 0. The van der Waals surface area contributed by atoms with E-state index in [0.29, 0.717) is 90.9 Å². The van der Waals surface area contributed by atoms with Gasteiger partial charge in [0.15, 0.2) is 23.0 Å². The van der Waals surface area contributed by atoms with Crippen LogP contribution in [-0.4, -0.2) is 173 Å². The number of fused-ring (bicyclic) bond motifs is 8. The van der Waals surface area contributed by atoms with Crippen LogP contribution in [0.2, 0.25) is 0 Å². The van der Waals surface area contributed by atoms with Gasteiger partial charge in [0, 0.05) is 56.9 Å². The Kier molecular flexibility index (Phi) is 23.7. The maximum Gasteiger partial charge on any atom is 2.00 e. The van der Waals surface area contributed by atoms with E-state index in [1.54, 1.807) is 81.1 Å². The summed E-state index contributed by atoms with van der Waals surface area (Å²) in [5.41, 5.74) is 2.84. The Morgan fingerprint density at radius 1 is 0.292 bits per heavy atom. The number of aromatic nitrogens is 4. The van der Waals surface area contributed by atoms with Gasteiger partial charge in [-0.1, -0.05) is 22.1 Å². The van der Waals surface area contributed by atoms with Gasteiger partial charge in [-0.05, 0) is 24.3 Å². The SMILES string of the molecule is COCCOC1=C(OCCOC)c2cc3[n-]c(cc4nc(cc5[n-]c(cc1n2)c(OCCOC)c5OCCOC)C(OCCOC)=C4OCCOC)c(OCCOC)c3OCCOC.[Pt+2]. The average molecular weight is 1100 g/mol. The van der Waals surface area contributed by atoms with E-state index in [9.17, 15) is 0 Å². The van der Waals surface area contributed by atoms with Crippen molar-refractivity contribution in [3.05, 3.63) is 47.0 Å². The Morgan fingerprint density at radius 2 is 0.477 bits per heavy atom. The number of methoxy groups -OCH3 is 8. The molecular formula is C44H60N4O16Pt. The molecule has 0 spiro atoms. The molecule has 20 nitrogen and oxygen atoms in total. The molecule has 0 saturated carbocycles. The predicted molar refractivity (Wildman–Crippen MR) is 233 cm³/mol. The van der Waals surface area contributed by atoms with Crippen LogP contribution in [-0.2, 0) is 77.9 Å². The Hall–Kier alpha value is -4.63. The molecule has 0 amide bonds. The zero-order chi connectivity index (χ0) is 45.5. The molecule has 2 aliphatic rings. The molecule has 0 aromatic carbocycles. The standard InChI is InChI=1S/C44H60N4O16.Pt/c1-49-9-17-57-37-29-25-31-39(59-19-11-51-3)41(61-21-13-53-5)33(46-31)27-35-43(63-23-15-55-7)44(64-24-16-56-8)36(48-35)28-34-42(62-22-14-54-6)40(60-20-12-52-4)32(47-34)26-30(45-29)38(37)58-18-10-50-2;/h25-28H,9-24H2,1-8H3;/q-2;+2. The van der Waals surface area contributed by atoms with E-state index >= 15 is 0 Å². The van der Waals surface area contributed by atoms with E-state index in [0.717, 1.165) is 0 Å². The van der Waals surface area contributed by atoms with Crippen molar-refractivity contribution in [1.29, 1.82) is 0 Å². The van der Waals surface area contributed by atoms with E-state index in [1.165, 1.54) is 0 Å². The molecule has 362 valence electrons. The van der Waals surface area contributed by atoms with E-state index in [4.69, 9.17) is 95.7 Å². The monoisotopic (exact) mass is 1100 g/mol. The largest absolute Gasteiger partial charge is 2.00 e. The first-order valence-electron chi connectivity index (χ1n) is 20.6. The van der Waals surface area contributed by atoms with E-state index < -0.39 is 0 Å². The Labute approximate surface area is 393 Å². The summed E-state index contributed by atoms with van der Waals surface area (Å²) in [6, 6.07) is 6.90. The first kappa shape index (κ1) is 53.0. The van der Waals surface area contributed by atoms with Gasteiger partial charge < -0.3 is 85.8 Å². The predicted octanol–water partition coefficient (Wildman–Crippen LogP) is 3.97. The fourth-order valence-corrected chi connectivity index (χ4v) is 6.09. The van der Waals surface area contributed by atoms with Crippen LogP contribution in [0.1, 0.15) is 22.8 Å². The molecule has 5 rings (SSSR count). The molecule has 5 heterocycles. The quantitative estimate of drug-likeness (QED) is 0.0812. The molecule has 0 N–H and O–H groups in total. The minimum Gasteiger partial charge on any atom is -0.652 e. The van der Waals surface area contributed by atoms with Gasteiger partial charge in [0.2, 0.25) is 0 Å². The molecule has 0 saturated heterocycles. The zero-order valence-electron chi connectivity index (χ0n) is 38.3. The van der Waals surface area contributed by atoms with Crippen LogP contribution in [0.15, 0.2) is 24.3 Å². The van der Waals surface area contributed by atoms with Gasteiger partial charge in [-0.2, -0.15) is 0 Å². The van der Waals surface area contributed by atoms with E-state index in [2.05, 4.69) is 0 Å². The van der Waals surface area contributed by atoms with Gasteiger partial charge in [0.1, 0.15) is 98.6 Å². The van der Waals surface area contributed by atoms with Crippen molar-refractivity contribution in [2.75, 3.05) is 163 Å². The van der Waals surface area contributed by atoms with Crippen LogP contribution in [0.3, 0.4) is 0 Å². The van der Waals surface area contributed by atoms with Crippen LogP contribution in [0.25, 0.3) is 45.1 Å². The van der Waals surface area contributed by atoms with Crippen molar-refractivity contribution in [1.82, 2.24) is 19.9 Å². The van der Waals surface area contributed by atoms with Gasteiger partial charge in [0.05, 0.1) is 52.9 Å². The summed E-state index contributed by atoms with van der Waals surface area (Å²) in [6.45, 7) is 3.58. The summed E-state index contributed by atoms with van der Waals surface area (Å²) in [6.07, 6.45) is 0. The first-order valence-corrected chi connectivity index (χ1v) is 20.6. The second-order valence-electron chi connectivity index (χ2n) is 13.5. The molecule has 3 aromatic heterocycles. The maximum absolute atomic E-state index is 6.38. The minimum absolute atomic E-state index is 0. The topological polar surface area (TPSA) is 202 Å². The average Bonchev–Trinajstić information content (AvgIpc) is 3.99. The first-order chi connectivity index (χ1) is 31.5. The number of hydrogen-bond donors (Lipinski definition) is 0. The minimum atomic E-state index is 0. The molecule has 65 heavy (non-hydrogen) atoms. The van der Waals surface area contributed by atoms with Gasteiger partial charge >= 0.3 is 21.1 Å². The van der Waals surface area contributed by atoms with Crippen molar-refractivity contribution in [3.63, 3.8) is 0 Å². The van der Waals surface area contributed by atoms with Crippen molar-refractivity contribution in [3.8, 4) is 23.0 Å². The molecule has 0 aliphatic carbocycles. The van der Waals surface area contributed by atoms with Gasteiger partial charge in [-0.15, -0.1) is 0 Å². The van der Waals surface area contributed by atoms with Crippen molar-refractivity contribution < 1.29 is 96.9 Å². The third-order valence-corrected chi connectivity index (χ3v) is 9.01. The van der Waals surface area contributed by atoms with E-state index in [1.807, 2.05) is 0 Å². The molecule has 2 aliphatic heterocycles. The van der Waals surface area contributed by atoms with Crippen molar-refractivity contribution in [2.45, 2.75) is 0 Å². The van der Waals surface area contributed by atoms with E-state index in [-0.39, 0.29) is 127 Å². The molecule has 0 unspecified atom stereocenters. The van der Waals surface area contributed by atoms with Crippen LogP contribution in [0.5, 0.6) is 23.0 Å². The summed E-state index contributed by atoms with van der Waals surface area (Å²) in [5.74, 6) is 2.50. The number of ether oxygens (including phenoxy) is 16. The third kappa shape index (κ3) is 14.7. The summed E-state index contributed by atoms with van der Waals surface area (Å²) < 4.78 is 93.9. The summed E-state index contributed by atoms with van der Waals surface area (Å²) in [7, 11) is 12.7. The molecule has 8 bridgehead atoms. The molecule has 0 radical (unpaired) electrons. The van der Waals surface area contributed by atoms with Crippen LogP contribution >= 0.6 is 0 Å². The second-order valence-corrected chi connectivity index (χ2v) is 13.5. The van der Waals surface area contributed by atoms with Gasteiger partial charge in [0.25, 0.3) is 0 Å². The fourth-order valence-electron chi connectivity index (χ4n) is 6.09. The smallest absolute Gasteiger partial charge is 0.652 e. The number of hydrogen-bond acceptors (Lipinski definition) is 18. The van der Waals surface area contributed by atoms with Crippen molar-refractivity contribution >= 4 is 45.1 Å².